The van der Waals surface area contributed by atoms with E-state index in [1.54, 1.807) is 0 Å². The van der Waals surface area contributed by atoms with Gasteiger partial charge in [0.1, 0.15) is 5.84 Å². The summed E-state index contributed by atoms with van der Waals surface area (Å²) in [5.74, 6) is 0.298. The Morgan fingerprint density at radius 3 is 2.81 bits per heavy atom. The van der Waals surface area contributed by atoms with Crippen molar-refractivity contribution < 1.29 is 5.21 Å². The minimum Gasteiger partial charge on any atom is -0.409 e. The van der Waals surface area contributed by atoms with Gasteiger partial charge in [0.05, 0.1) is 0 Å². The number of aryl methyl sites for hydroxylation is 1. The molecule has 0 aliphatic carbocycles. The SMILES string of the molecule is Cc1ccccc1CNCC(C)C(N)=NO. The van der Waals surface area contributed by atoms with Gasteiger partial charge in [0.2, 0.25) is 0 Å². The van der Waals surface area contributed by atoms with Crippen LogP contribution in [0.25, 0.3) is 0 Å². The maximum Gasteiger partial charge on any atom is 0.143 e. The van der Waals surface area contributed by atoms with Crippen molar-refractivity contribution in [3.05, 3.63) is 35.4 Å². The zero-order chi connectivity index (χ0) is 12.0. The van der Waals surface area contributed by atoms with Crippen LogP contribution in [0.15, 0.2) is 29.4 Å². The van der Waals surface area contributed by atoms with Crippen molar-refractivity contribution in [1.29, 1.82) is 0 Å². The fourth-order valence-corrected chi connectivity index (χ4v) is 1.43. The molecule has 0 saturated heterocycles. The predicted molar refractivity (Wildman–Crippen MR) is 65.5 cm³/mol. The Morgan fingerprint density at radius 1 is 1.50 bits per heavy atom. The van der Waals surface area contributed by atoms with Gasteiger partial charge in [-0.25, -0.2) is 0 Å². The Bertz CT molecular complexity index is 363. The lowest BCUT2D eigenvalue weighted by Crippen LogP contribution is -2.31. The molecule has 0 radical (unpaired) electrons. The number of nitrogens with one attached hydrogen (secondary N) is 1. The molecule has 0 aliphatic heterocycles. The lowest BCUT2D eigenvalue weighted by Gasteiger charge is -2.12. The molecule has 1 rings (SSSR count). The van der Waals surface area contributed by atoms with E-state index >= 15 is 0 Å². The van der Waals surface area contributed by atoms with Crippen LogP contribution in [-0.4, -0.2) is 17.6 Å². The van der Waals surface area contributed by atoms with Crippen molar-refractivity contribution in [1.82, 2.24) is 5.32 Å². The Kier molecular flexibility index (Phi) is 4.79. The molecule has 0 aromatic heterocycles. The number of hydrogen-bond acceptors (Lipinski definition) is 3. The highest BCUT2D eigenvalue weighted by Crippen LogP contribution is 2.06. The van der Waals surface area contributed by atoms with Crippen molar-refractivity contribution in [3.8, 4) is 0 Å². The first-order valence-electron chi connectivity index (χ1n) is 5.37. The van der Waals surface area contributed by atoms with E-state index in [2.05, 4.69) is 29.5 Å². The lowest BCUT2D eigenvalue weighted by molar-refractivity contribution is 0.314. The molecule has 1 unspecified atom stereocenters. The van der Waals surface area contributed by atoms with E-state index in [4.69, 9.17) is 10.9 Å². The molecule has 0 fully saturated rings. The molecule has 4 N–H and O–H groups in total. The van der Waals surface area contributed by atoms with E-state index in [0.29, 0.717) is 6.54 Å². The van der Waals surface area contributed by atoms with Gasteiger partial charge >= 0.3 is 0 Å². The summed E-state index contributed by atoms with van der Waals surface area (Å²) in [4.78, 5) is 0. The van der Waals surface area contributed by atoms with E-state index < -0.39 is 0 Å². The lowest BCUT2D eigenvalue weighted by atomic mass is 10.1. The van der Waals surface area contributed by atoms with Gasteiger partial charge in [-0.05, 0) is 18.1 Å². The summed E-state index contributed by atoms with van der Waals surface area (Å²) >= 11 is 0. The Balaban J connectivity index is 2.39. The summed E-state index contributed by atoms with van der Waals surface area (Å²) in [6.07, 6.45) is 0. The maximum absolute atomic E-state index is 8.50. The van der Waals surface area contributed by atoms with E-state index in [0.717, 1.165) is 6.54 Å². The van der Waals surface area contributed by atoms with Gasteiger partial charge in [-0.2, -0.15) is 0 Å². The van der Waals surface area contributed by atoms with Gasteiger partial charge < -0.3 is 16.3 Å². The number of hydrogen-bond donors (Lipinski definition) is 3. The van der Waals surface area contributed by atoms with E-state index in [1.807, 2.05) is 19.1 Å². The molecule has 1 aromatic carbocycles. The molecule has 4 nitrogen and oxygen atoms in total. The van der Waals surface area contributed by atoms with Crippen LogP contribution in [-0.2, 0) is 6.54 Å². The molecule has 0 bridgehead atoms. The standard InChI is InChI=1S/C12H19N3O/c1-9-5-3-4-6-11(9)8-14-7-10(2)12(13)15-16/h3-6,10,14,16H,7-8H2,1-2H3,(H2,13,15). The van der Waals surface area contributed by atoms with Crippen LogP contribution in [0.5, 0.6) is 0 Å². The maximum atomic E-state index is 8.50. The number of nitrogens with two attached hydrogens (primary N) is 1. The first-order chi connectivity index (χ1) is 7.65. The van der Waals surface area contributed by atoms with Gasteiger partial charge in [-0.15, -0.1) is 0 Å². The minimum absolute atomic E-state index is 0.0361. The third-order valence-corrected chi connectivity index (χ3v) is 2.65. The van der Waals surface area contributed by atoms with Crippen molar-refractivity contribution in [2.24, 2.45) is 16.8 Å². The van der Waals surface area contributed by atoms with Crippen LogP contribution in [0.3, 0.4) is 0 Å². The summed E-state index contributed by atoms with van der Waals surface area (Å²) in [5.41, 5.74) is 8.03. The van der Waals surface area contributed by atoms with Crippen LogP contribution in [0, 0.1) is 12.8 Å². The van der Waals surface area contributed by atoms with E-state index in [1.165, 1.54) is 11.1 Å². The number of amidine groups is 1. The smallest absolute Gasteiger partial charge is 0.143 e. The predicted octanol–water partition coefficient (Wildman–Crippen LogP) is 1.47. The zero-order valence-corrected chi connectivity index (χ0v) is 9.77. The first-order valence-corrected chi connectivity index (χ1v) is 5.37. The number of benzene rings is 1. The topological polar surface area (TPSA) is 70.6 Å². The molecule has 1 atom stereocenters. The zero-order valence-electron chi connectivity index (χ0n) is 9.77. The quantitative estimate of drug-likeness (QED) is 0.305. The normalized spacial score (nSPS) is 13.8. The van der Waals surface area contributed by atoms with Gasteiger partial charge in [0, 0.05) is 19.0 Å². The molecule has 16 heavy (non-hydrogen) atoms. The Morgan fingerprint density at radius 2 is 2.19 bits per heavy atom. The van der Waals surface area contributed by atoms with Crippen molar-refractivity contribution in [2.45, 2.75) is 20.4 Å². The average Bonchev–Trinajstić information content (AvgIpc) is 2.30. The van der Waals surface area contributed by atoms with Gasteiger partial charge in [-0.1, -0.05) is 36.3 Å². The van der Waals surface area contributed by atoms with E-state index in [-0.39, 0.29) is 11.8 Å². The molecule has 0 amide bonds. The number of nitrogens with zero attached hydrogens (tertiary/aromatic N) is 1. The van der Waals surface area contributed by atoms with Crippen molar-refractivity contribution >= 4 is 5.84 Å². The fraction of sp³-hybridized carbons (Fsp3) is 0.417. The average molecular weight is 221 g/mol. The molecular weight excluding hydrogens is 202 g/mol. The van der Waals surface area contributed by atoms with Crippen LogP contribution in [0.4, 0.5) is 0 Å². The third-order valence-electron chi connectivity index (χ3n) is 2.65. The third kappa shape index (κ3) is 3.55. The monoisotopic (exact) mass is 221 g/mol. The first kappa shape index (κ1) is 12.5. The number of oxime groups is 1. The summed E-state index contributed by atoms with van der Waals surface area (Å²) in [7, 11) is 0. The highest BCUT2D eigenvalue weighted by molar-refractivity contribution is 5.82. The second kappa shape index (κ2) is 6.12. The molecule has 0 spiro atoms. The molecule has 0 aliphatic rings. The Labute approximate surface area is 96.2 Å². The number of rotatable bonds is 5. The van der Waals surface area contributed by atoms with Gasteiger partial charge in [0.15, 0.2) is 0 Å². The minimum atomic E-state index is 0.0361. The molecule has 1 aromatic rings. The van der Waals surface area contributed by atoms with Crippen LogP contribution in [0.1, 0.15) is 18.1 Å². The molecule has 88 valence electrons. The van der Waals surface area contributed by atoms with Gasteiger partial charge in [-0.3, -0.25) is 0 Å². The summed E-state index contributed by atoms with van der Waals surface area (Å²) in [6.45, 7) is 5.50. The van der Waals surface area contributed by atoms with Crippen LogP contribution in [0.2, 0.25) is 0 Å². The second-order valence-corrected chi connectivity index (χ2v) is 3.98. The van der Waals surface area contributed by atoms with Crippen molar-refractivity contribution in [3.63, 3.8) is 0 Å². The molecule has 4 heteroatoms. The fourth-order valence-electron chi connectivity index (χ4n) is 1.43. The molecular formula is C12H19N3O. The highest BCUT2D eigenvalue weighted by atomic mass is 16.4. The molecule has 0 saturated carbocycles. The van der Waals surface area contributed by atoms with Gasteiger partial charge in [0.25, 0.3) is 0 Å². The summed E-state index contributed by atoms with van der Waals surface area (Å²) < 4.78 is 0. The summed E-state index contributed by atoms with van der Waals surface area (Å²) in [5, 5.41) is 14.8. The highest BCUT2D eigenvalue weighted by Gasteiger charge is 2.06. The Hall–Kier alpha value is -1.55. The molecule has 0 heterocycles. The second-order valence-electron chi connectivity index (χ2n) is 3.98. The largest absolute Gasteiger partial charge is 0.409 e. The summed E-state index contributed by atoms with van der Waals surface area (Å²) in [6, 6.07) is 8.23. The van der Waals surface area contributed by atoms with E-state index in [9.17, 15) is 0 Å². The van der Waals surface area contributed by atoms with Crippen LogP contribution >= 0.6 is 0 Å². The van der Waals surface area contributed by atoms with Crippen LogP contribution < -0.4 is 11.1 Å². The van der Waals surface area contributed by atoms with Crippen molar-refractivity contribution in [2.75, 3.05) is 6.54 Å².